The van der Waals surface area contributed by atoms with Crippen molar-refractivity contribution in [1.82, 2.24) is 4.98 Å². The van der Waals surface area contributed by atoms with Gasteiger partial charge in [0.25, 0.3) is 0 Å². The van der Waals surface area contributed by atoms with E-state index in [9.17, 15) is 4.39 Å². The van der Waals surface area contributed by atoms with Crippen molar-refractivity contribution in [3.8, 4) is 0 Å². The van der Waals surface area contributed by atoms with Gasteiger partial charge in [0.2, 0.25) is 0 Å². The molecule has 1 atom stereocenters. The maximum absolute atomic E-state index is 13.3. The topological polar surface area (TPSA) is 38.9 Å². The van der Waals surface area contributed by atoms with E-state index in [0.717, 1.165) is 10.7 Å². The first-order valence-electron chi connectivity index (χ1n) is 5.61. The van der Waals surface area contributed by atoms with Crippen molar-refractivity contribution in [2.24, 2.45) is 5.73 Å². The van der Waals surface area contributed by atoms with Crippen molar-refractivity contribution in [1.29, 1.82) is 0 Å². The van der Waals surface area contributed by atoms with E-state index in [1.54, 1.807) is 23.5 Å². The van der Waals surface area contributed by atoms with Gasteiger partial charge < -0.3 is 5.73 Å². The summed E-state index contributed by atoms with van der Waals surface area (Å²) in [5.41, 5.74) is 7.72. The first-order chi connectivity index (χ1) is 8.49. The molecule has 5 heteroatoms. The van der Waals surface area contributed by atoms with Gasteiger partial charge in [-0.25, -0.2) is 9.37 Å². The largest absolute Gasteiger partial charge is 0.324 e. The minimum absolute atomic E-state index is 0.106. The summed E-state index contributed by atoms with van der Waals surface area (Å²) in [7, 11) is 0. The molecule has 1 unspecified atom stereocenters. The summed E-state index contributed by atoms with van der Waals surface area (Å²) in [6.45, 7) is 3.99. The summed E-state index contributed by atoms with van der Waals surface area (Å²) in [5.74, 6) is -0.434. The van der Waals surface area contributed by atoms with Gasteiger partial charge in [0.1, 0.15) is 5.82 Å². The molecule has 0 radical (unpaired) electrons. The van der Waals surface area contributed by atoms with Crippen molar-refractivity contribution in [3.63, 3.8) is 0 Å². The van der Waals surface area contributed by atoms with Gasteiger partial charge in [-0.15, -0.1) is 11.3 Å². The van der Waals surface area contributed by atoms with Crippen LogP contribution >= 0.6 is 22.9 Å². The van der Waals surface area contributed by atoms with Gasteiger partial charge in [-0.1, -0.05) is 23.7 Å². The minimum Gasteiger partial charge on any atom is -0.324 e. The van der Waals surface area contributed by atoms with Crippen LogP contribution in [0.15, 0.2) is 18.2 Å². The Hall–Kier alpha value is -0.970. The quantitative estimate of drug-likeness (QED) is 0.931. The lowest BCUT2D eigenvalue weighted by molar-refractivity contribution is 0.619. The fourth-order valence-corrected chi connectivity index (χ4v) is 2.99. The maximum Gasteiger partial charge on any atom is 0.142 e. The van der Waals surface area contributed by atoms with Crippen molar-refractivity contribution in [2.75, 3.05) is 0 Å². The van der Waals surface area contributed by atoms with Crippen LogP contribution in [0.25, 0.3) is 0 Å². The van der Waals surface area contributed by atoms with Crippen LogP contribution < -0.4 is 5.73 Å². The van der Waals surface area contributed by atoms with Gasteiger partial charge in [0, 0.05) is 17.3 Å². The molecule has 1 aromatic carbocycles. The molecule has 0 fully saturated rings. The first kappa shape index (κ1) is 13.5. The third-order valence-corrected chi connectivity index (χ3v) is 4.34. The molecule has 1 aromatic heterocycles. The van der Waals surface area contributed by atoms with Gasteiger partial charge in [0.15, 0.2) is 0 Å². The third-order valence-electron chi connectivity index (χ3n) is 2.85. The number of hydrogen-bond donors (Lipinski definition) is 1. The molecule has 0 saturated heterocycles. The molecule has 0 aliphatic heterocycles. The van der Waals surface area contributed by atoms with Gasteiger partial charge in [-0.05, 0) is 25.5 Å². The highest BCUT2D eigenvalue weighted by molar-refractivity contribution is 7.11. The molecule has 0 amide bonds. The van der Waals surface area contributed by atoms with E-state index in [1.807, 2.05) is 13.8 Å². The monoisotopic (exact) mass is 284 g/mol. The van der Waals surface area contributed by atoms with Crippen molar-refractivity contribution < 1.29 is 4.39 Å². The van der Waals surface area contributed by atoms with Gasteiger partial charge >= 0.3 is 0 Å². The van der Waals surface area contributed by atoms with Crippen molar-refractivity contribution >= 4 is 22.9 Å². The normalized spacial score (nSPS) is 12.7. The molecule has 0 saturated carbocycles. The SMILES string of the molecule is Cc1nc(CC(N)c2cccc(F)c2Cl)sc1C. The Morgan fingerprint density at radius 1 is 1.44 bits per heavy atom. The van der Waals surface area contributed by atoms with E-state index in [1.165, 1.54) is 10.9 Å². The molecule has 2 N–H and O–H groups in total. The fraction of sp³-hybridized carbons (Fsp3) is 0.308. The van der Waals surface area contributed by atoms with E-state index in [4.69, 9.17) is 17.3 Å². The van der Waals surface area contributed by atoms with Crippen LogP contribution in [0.1, 0.15) is 27.2 Å². The van der Waals surface area contributed by atoms with Gasteiger partial charge in [-0.3, -0.25) is 0 Å². The zero-order valence-electron chi connectivity index (χ0n) is 10.2. The second kappa shape index (κ2) is 5.34. The Kier molecular flexibility index (Phi) is 4.00. The predicted molar refractivity (Wildman–Crippen MR) is 73.6 cm³/mol. The number of halogens is 2. The lowest BCUT2D eigenvalue weighted by Crippen LogP contribution is -2.14. The molecule has 2 rings (SSSR count). The highest BCUT2D eigenvalue weighted by Gasteiger charge is 2.15. The summed E-state index contributed by atoms with van der Waals surface area (Å²) in [5, 5.41) is 1.06. The van der Waals surface area contributed by atoms with Gasteiger partial charge in [-0.2, -0.15) is 0 Å². The molecule has 96 valence electrons. The molecule has 1 heterocycles. The molecular formula is C13H14ClFN2S. The Labute approximate surface area is 115 Å². The summed E-state index contributed by atoms with van der Waals surface area (Å²) in [6, 6.07) is 4.37. The molecule has 0 aliphatic rings. The molecular weight excluding hydrogens is 271 g/mol. The van der Waals surface area contributed by atoms with Crippen LogP contribution in [-0.4, -0.2) is 4.98 Å². The number of hydrogen-bond acceptors (Lipinski definition) is 3. The van der Waals surface area contributed by atoms with E-state index in [-0.39, 0.29) is 11.1 Å². The summed E-state index contributed by atoms with van der Waals surface area (Å²) in [6.07, 6.45) is 0.572. The number of nitrogens with zero attached hydrogens (tertiary/aromatic N) is 1. The minimum atomic E-state index is -0.434. The lowest BCUT2D eigenvalue weighted by Gasteiger charge is -2.12. The molecule has 0 bridgehead atoms. The summed E-state index contributed by atoms with van der Waals surface area (Å²) >= 11 is 7.54. The highest BCUT2D eigenvalue weighted by atomic mass is 35.5. The summed E-state index contributed by atoms with van der Waals surface area (Å²) < 4.78 is 13.3. The van der Waals surface area contributed by atoms with Crippen molar-refractivity contribution in [2.45, 2.75) is 26.3 Å². The number of rotatable bonds is 3. The van der Waals surface area contributed by atoms with E-state index >= 15 is 0 Å². The number of nitrogens with two attached hydrogens (primary N) is 1. The molecule has 0 aliphatic carbocycles. The fourth-order valence-electron chi connectivity index (χ4n) is 1.73. The molecule has 2 nitrogen and oxygen atoms in total. The summed E-state index contributed by atoms with van der Waals surface area (Å²) in [4.78, 5) is 5.61. The number of thiazole rings is 1. The number of aromatic nitrogens is 1. The number of aryl methyl sites for hydroxylation is 2. The van der Waals surface area contributed by atoms with Crippen molar-refractivity contribution in [3.05, 3.63) is 50.2 Å². The van der Waals surface area contributed by atoms with Gasteiger partial charge in [0.05, 0.1) is 15.7 Å². The average molecular weight is 285 g/mol. The zero-order chi connectivity index (χ0) is 13.3. The van der Waals surface area contributed by atoms with Crippen LogP contribution in [0, 0.1) is 19.7 Å². The lowest BCUT2D eigenvalue weighted by atomic mass is 10.0. The van der Waals surface area contributed by atoms with E-state index in [2.05, 4.69) is 4.98 Å². The molecule has 18 heavy (non-hydrogen) atoms. The Morgan fingerprint density at radius 2 is 2.17 bits per heavy atom. The second-order valence-corrected chi connectivity index (χ2v) is 5.87. The Bertz CT molecular complexity index is 549. The van der Waals surface area contributed by atoms with Crippen LogP contribution in [-0.2, 0) is 6.42 Å². The van der Waals surface area contributed by atoms with Crippen LogP contribution in [0.2, 0.25) is 5.02 Å². The predicted octanol–water partition coefficient (Wildman–Crippen LogP) is 3.79. The van der Waals surface area contributed by atoms with E-state index in [0.29, 0.717) is 12.0 Å². The van der Waals surface area contributed by atoms with Crippen LogP contribution in [0.3, 0.4) is 0 Å². The molecule has 2 aromatic rings. The smallest absolute Gasteiger partial charge is 0.142 e. The average Bonchev–Trinajstić information content (AvgIpc) is 2.61. The van der Waals surface area contributed by atoms with Crippen LogP contribution in [0.5, 0.6) is 0 Å². The van der Waals surface area contributed by atoms with Crippen LogP contribution in [0.4, 0.5) is 4.39 Å². The number of benzene rings is 1. The second-order valence-electron chi connectivity index (χ2n) is 4.20. The molecule has 0 spiro atoms. The highest BCUT2D eigenvalue weighted by Crippen LogP contribution is 2.28. The first-order valence-corrected chi connectivity index (χ1v) is 6.81. The standard InChI is InChI=1S/C13H14ClFN2S/c1-7-8(2)18-12(17-7)6-11(16)9-4-3-5-10(15)13(9)14/h3-5,11H,6,16H2,1-2H3. The zero-order valence-corrected chi connectivity index (χ0v) is 11.8. The Balaban J connectivity index is 2.21. The maximum atomic E-state index is 13.3. The van der Waals surface area contributed by atoms with E-state index < -0.39 is 5.82 Å². The Morgan fingerprint density at radius 3 is 2.78 bits per heavy atom. The third kappa shape index (κ3) is 2.71.